The molecule has 0 amide bonds. The molecule has 0 saturated carbocycles. The number of fused-ring (bicyclic) bond motifs is 7. The topological polar surface area (TPSA) is 51.8 Å². The fraction of sp³-hybridized carbons (Fsp3) is 0. The predicted molar refractivity (Wildman–Crippen MR) is 184 cm³/mol. The quantitative estimate of drug-likeness (QED) is 0.196. The molecule has 0 fully saturated rings. The van der Waals surface area contributed by atoms with Crippen molar-refractivity contribution in [3.63, 3.8) is 0 Å². The minimum Gasteiger partial charge on any atom is -0.456 e. The molecular formula is C41H25N3O. The van der Waals surface area contributed by atoms with E-state index >= 15 is 0 Å². The number of hydrogen-bond donors (Lipinski definition) is 0. The zero-order valence-electron chi connectivity index (χ0n) is 24.2. The van der Waals surface area contributed by atoms with E-state index in [-0.39, 0.29) is 0 Å². The monoisotopic (exact) mass is 575 g/mol. The second-order valence-corrected chi connectivity index (χ2v) is 11.2. The van der Waals surface area contributed by atoms with Crippen molar-refractivity contribution in [1.82, 2.24) is 15.0 Å². The maximum absolute atomic E-state index is 6.29. The molecule has 4 heteroatoms. The molecule has 9 aromatic rings. The molecule has 0 spiro atoms. The summed E-state index contributed by atoms with van der Waals surface area (Å²) in [4.78, 5) is 15.4. The second kappa shape index (κ2) is 10.2. The van der Waals surface area contributed by atoms with Crippen LogP contribution >= 0.6 is 0 Å². The molecule has 6 aromatic carbocycles. The molecule has 3 heterocycles. The van der Waals surface area contributed by atoms with Crippen molar-refractivity contribution >= 4 is 43.6 Å². The summed E-state index contributed by atoms with van der Waals surface area (Å²) in [6, 6.07) is 51.9. The van der Waals surface area contributed by atoms with E-state index in [1.807, 2.05) is 54.6 Å². The van der Waals surface area contributed by atoms with Gasteiger partial charge in [-0.05, 0) is 36.4 Å². The van der Waals surface area contributed by atoms with E-state index < -0.39 is 0 Å². The summed E-state index contributed by atoms with van der Waals surface area (Å²) in [6.45, 7) is 0. The van der Waals surface area contributed by atoms with Gasteiger partial charge in [0.05, 0.1) is 22.6 Å². The maximum atomic E-state index is 6.29. The Bertz CT molecular complexity index is 2480. The number of rotatable bonds is 4. The highest BCUT2D eigenvalue weighted by molar-refractivity contribution is 6.28. The van der Waals surface area contributed by atoms with Crippen molar-refractivity contribution < 1.29 is 4.42 Å². The van der Waals surface area contributed by atoms with E-state index in [0.29, 0.717) is 5.82 Å². The summed E-state index contributed by atoms with van der Waals surface area (Å²) in [6.07, 6.45) is 0. The first-order valence-electron chi connectivity index (χ1n) is 15.0. The first kappa shape index (κ1) is 25.4. The van der Waals surface area contributed by atoms with Crippen LogP contribution in [0.2, 0.25) is 0 Å². The predicted octanol–water partition coefficient (Wildman–Crippen LogP) is 10.7. The van der Waals surface area contributed by atoms with Gasteiger partial charge in [-0.25, -0.2) is 15.0 Å². The first-order chi connectivity index (χ1) is 22.3. The van der Waals surface area contributed by atoms with Crippen LogP contribution in [0.25, 0.3) is 88.8 Å². The smallest absolute Gasteiger partial charge is 0.160 e. The third-order valence-electron chi connectivity index (χ3n) is 8.46. The van der Waals surface area contributed by atoms with Gasteiger partial charge in [0.2, 0.25) is 0 Å². The third-order valence-corrected chi connectivity index (χ3v) is 8.46. The van der Waals surface area contributed by atoms with Gasteiger partial charge in [-0.15, -0.1) is 0 Å². The van der Waals surface area contributed by atoms with Crippen LogP contribution in [0.3, 0.4) is 0 Å². The van der Waals surface area contributed by atoms with Gasteiger partial charge in [-0.3, -0.25) is 0 Å². The Morgan fingerprint density at radius 3 is 1.76 bits per heavy atom. The number of para-hydroxylation sites is 2. The van der Waals surface area contributed by atoms with Crippen molar-refractivity contribution in [2.75, 3.05) is 0 Å². The van der Waals surface area contributed by atoms with Gasteiger partial charge in [0.15, 0.2) is 5.82 Å². The van der Waals surface area contributed by atoms with E-state index in [2.05, 4.69) is 97.1 Å². The largest absolute Gasteiger partial charge is 0.456 e. The van der Waals surface area contributed by atoms with Crippen LogP contribution < -0.4 is 0 Å². The lowest BCUT2D eigenvalue weighted by molar-refractivity contribution is 0.669. The Kier molecular flexibility index (Phi) is 5.78. The van der Waals surface area contributed by atoms with E-state index in [4.69, 9.17) is 19.4 Å². The Labute approximate surface area is 259 Å². The highest BCUT2D eigenvalue weighted by atomic mass is 16.3. The molecule has 0 saturated heterocycles. The summed E-state index contributed by atoms with van der Waals surface area (Å²) in [5, 5.41) is 5.56. The summed E-state index contributed by atoms with van der Waals surface area (Å²) in [5.74, 6) is 0.672. The average Bonchev–Trinajstić information content (AvgIpc) is 3.51. The molecule has 0 atom stereocenters. The normalized spacial score (nSPS) is 11.6. The summed E-state index contributed by atoms with van der Waals surface area (Å²) < 4.78 is 6.29. The molecule has 0 aliphatic heterocycles. The van der Waals surface area contributed by atoms with Crippen molar-refractivity contribution in [2.24, 2.45) is 0 Å². The fourth-order valence-corrected chi connectivity index (χ4v) is 6.37. The van der Waals surface area contributed by atoms with Crippen molar-refractivity contribution in [3.05, 3.63) is 152 Å². The van der Waals surface area contributed by atoms with Crippen LogP contribution in [0, 0.1) is 0 Å². The number of hydrogen-bond acceptors (Lipinski definition) is 4. The van der Waals surface area contributed by atoms with Gasteiger partial charge < -0.3 is 4.42 Å². The summed E-state index contributed by atoms with van der Waals surface area (Å²) in [5.41, 5.74) is 9.42. The Hall–Kier alpha value is -6.13. The van der Waals surface area contributed by atoms with Crippen molar-refractivity contribution in [2.45, 2.75) is 0 Å². The lowest BCUT2D eigenvalue weighted by atomic mass is 9.95. The minimum atomic E-state index is 0.672. The molecule has 0 radical (unpaired) electrons. The average molecular weight is 576 g/mol. The molecule has 0 aliphatic rings. The number of pyridine rings is 1. The zero-order valence-corrected chi connectivity index (χ0v) is 24.2. The van der Waals surface area contributed by atoms with Crippen LogP contribution in [0.1, 0.15) is 0 Å². The highest BCUT2D eigenvalue weighted by Crippen LogP contribution is 2.41. The first-order valence-corrected chi connectivity index (χ1v) is 15.0. The van der Waals surface area contributed by atoms with Gasteiger partial charge in [0.25, 0.3) is 0 Å². The maximum Gasteiger partial charge on any atom is 0.160 e. The third kappa shape index (κ3) is 4.27. The number of furan rings is 1. The van der Waals surface area contributed by atoms with Crippen LogP contribution in [0.4, 0.5) is 0 Å². The minimum absolute atomic E-state index is 0.672. The van der Waals surface area contributed by atoms with Gasteiger partial charge >= 0.3 is 0 Å². The van der Waals surface area contributed by atoms with Gasteiger partial charge in [0, 0.05) is 49.2 Å². The van der Waals surface area contributed by atoms with E-state index in [9.17, 15) is 0 Å². The summed E-state index contributed by atoms with van der Waals surface area (Å²) >= 11 is 0. The lowest BCUT2D eigenvalue weighted by Gasteiger charge is -2.13. The SMILES string of the molecule is c1ccc(-c2cc(-c3ccccc3)nc(-c3cccc(-c4nc5ccccc5c5c4ccc4oc6ccccc6c45)c3)n2)cc1. The van der Waals surface area contributed by atoms with Gasteiger partial charge in [0.1, 0.15) is 11.2 Å². The number of benzene rings is 6. The molecule has 0 aliphatic carbocycles. The zero-order chi connectivity index (χ0) is 29.7. The lowest BCUT2D eigenvalue weighted by Crippen LogP contribution is -1.96. The molecule has 0 unspecified atom stereocenters. The molecule has 0 N–H and O–H groups in total. The fourth-order valence-electron chi connectivity index (χ4n) is 6.37. The van der Waals surface area contributed by atoms with Crippen LogP contribution in [-0.2, 0) is 0 Å². The molecule has 210 valence electrons. The molecule has 0 bridgehead atoms. The van der Waals surface area contributed by atoms with Crippen molar-refractivity contribution in [1.29, 1.82) is 0 Å². The van der Waals surface area contributed by atoms with E-state index in [1.54, 1.807) is 0 Å². The van der Waals surface area contributed by atoms with Gasteiger partial charge in [-0.2, -0.15) is 0 Å². The Balaban J connectivity index is 1.28. The van der Waals surface area contributed by atoms with E-state index in [1.165, 1.54) is 0 Å². The molecule has 4 nitrogen and oxygen atoms in total. The molecule has 9 rings (SSSR count). The van der Waals surface area contributed by atoms with Gasteiger partial charge in [-0.1, -0.05) is 115 Å². The number of aromatic nitrogens is 3. The highest BCUT2D eigenvalue weighted by Gasteiger charge is 2.18. The Morgan fingerprint density at radius 2 is 1.00 bits per heavy atom. The van der Waals surface area contributed by atoms with Crippen molar-refractivity contribution in [3.8, 4) is 45.2 Å². The van der Waals surface area contributed by atoms with Crippen LogP contribution in [0.15, 0.2) is 156 Å². The second-order valence-electron chi connectivity index (χ2n) is 11.2. The standard InChI is InChI=1S/C41H25N3O/c1-3-12-26(13-4-1)34-25-35(27-14-5-2-6-15-27)44-41(43-34)29-17-11-16-28(24-29)40-32-22-23-37-39(31-19-8-10-21-36(31)45-37)38(32)30-18-7-9-20-33(30)42-40/h1-25H. The summed E-state index contributed by atoms with van der Waals surface area (Å²) in [7, 11) is 0. The molecule has 45 heavy (non-hydrogen) atoms. The molecular weight excluding hydrogens is 550 g/mol. The molecule has 3 aromatic heterocycles. The van der Waals surface area contributed by atoms with Crippen LogP contribution in [0.5, 0.6) is 0 Å². The Morgan fingerprint density at radius 1 is 0.378 bits per heavy atom. The number of nitrogens with zero attached hydrogens (tertiary/aromatic N) is 3. The van der Waals surface area contributed by atoms with E-state index in [0.717, 1.165) is 82.9 Å². The van der Waals surface area contributed by atoms with Crippen LogP contribution in [-0.4, -0.2) is 15.0 Å².